The summed E-state index contributed by atoms with van der Waals surface area (Å²) < 4.78 is 15.0. The topological polar surface area (TPSA) is 38.0 Å². The van der Waals surface area contributed by atoms with Crippen LogP contribution in [0.3, 0.4) is 0 Å². The zero-order valence-corrected chi connectivity index (χ0v) is 9.89. The highest BCUT2D eigenvalue weighted by Gasteiger charge is 2.15. The zero-order valence-electron chi connectivity index (χ0n) is 9.89. The molecule has 0 amide bonds. The molecule has 2 aromatic rings. The summed E-state index contributed by atoms with van der Waals surface area (Å²) in [6.07, 6.45) is 0.792. The van der Waals surface area contributed by atoms with Crippen LogP contribution < -0.4 is 0 Å². The normalized spacial score (nSPS) is 12.7. The van der Waals surface area contributed by atoms with E-state index in [4.69, 9.17) is 0 Å². The zero-order chi connectivity index (χ0) is 12.4. The summed E-state index contributed by atoms with van der Waals surface area (Å²) in [4.78, 5) is 0. The van der Waals surface area contributed by atoms with Gasteiger partial charge in [0.2, 0.25) is 0 Å². The third-order valence-electron chi connectivity index (χ3n) is 2.71. The standard InChI is InChI=1S/C13H15FN2O/c1-3-16-12(4-5-15-16)13(17)10-6-9(2)7-11(14)8-10/h4-8,13,17H,3H2,1-2H3. The molecule has 3 nitrogen and oxygen atoms in total. The summed E-state index contributed by atoms with van der Waals surface area (Å²) in [5.74, 6) is -0.332. The molecule has 17 heavy (non-hydrogen) atoms. The minimum atomic E-state index is -0.841. The summed E-state index contributed by atoms with van der Waals surface area (Å²) in [7, 11) is 0. The molecule has 0 saturated heterocycles. The van der Waals surface area contributed by atoms with Gasteiger partial charge in [0.25, 0.3) is 0 Å². The molecule has 0 spiro atoms. The minimum Gasteiger partial charge on any atom is -0.382 e. The van der Waals surface area contributed by atoms with Crippen molar-refractivity contribution in [1.29, 1.82) is 0 Å². The van der Waals surface area contributed by atoms with Crippen molar-refractivity contribution in [1.82, 2.24) is 9.78 Å². The first-order valence-electron chi connectivity index (χ1n) is 5.58. The molecule has 1 aromatic carbocycles. The van der Waals surface area contributed by atoms with E-state index < -0.39 is 6.10 Å². The second-order valence-corrected chi connectivity index (χ2v) is 4.04. The first kappa shape index (κ1) is 11.8. The van der Waals surface area contributed by atoms with Crippen LogP contribution in [0.15, 0.2) is 30.5 Å². The average Bonchev–Trinajstić information content (AvgIpc) is 2.74. The Morgan fingerprint density at radius 3 is 2.82 bits per heavy atom. The molecule has 2 rings (SSSR count). The Kier molecular flexibility index (Phi) is 3.24. The molecule has 0 aliphatic carbocycles. The molecule has 4 heteroatoms. The van der Waals surface area contributed by atoms with Crippen molar-refractivity contribution in [3.8, 4) is 0 Å². The number of rotatable bonds is 3. The molecule has 0 aliphatic rings. The number of hydrogen-bond donors (Lipinski definition) is 1. The monoisotopic (exact) mass is 234 g/mol. The van der Waals surface area contributed by atoms with E-state index in [-0.39, 0.29) is 5.82 Å². The highest BCUT2D eigenvalue weighted by molar-refractivity contribution is 5.30. The van der Waals surface area contributed by atoms with Gasteiger partial charge in [-0.15, -0.1) is 0 Å². The van der Waals surface area contributed by atoms with Crippen molar-refractivity contribution in [3.63, 3.8) is 0 Å². The lowest BCUT2D eigenvalue weighted by molar-refractivity contribution is 0.207. The van der Waals surface area contributed by atoms with Gasteiger partial charge in [-0.25, -0.2) is 4.39 Å². The van der Waals surface area contributed by atoms with Crippen LogP contribution in [0.1, 0.15) is 29.8 Å². The Labute approximate surface area is 99.5 Å². The Hall–Kier alpha value is -1.68. The summed E-state index contributed by atoms with van der Waals surface area (Å²) >= 11 is 0. The molecule has 0 radical (unpaired) electrons. The van der Waals surface area contributed by atoms with E-state index in [0.717, 1.165) is 5.56 Å². The highest BCUT2D eigenvalue weighted by Crippen LogP contribution is 2.23. The number of hydrogen-bond acceptors (Lipinski definition) is 2. The van der Waals surface area contributed by atoms with Crippen molar-refractivity contribution in [3.05, 3.63) is 53.1 Å². The maximum atomic E-state index is 13.3. The number of aliphatic hydroxyl groups excluding tert-OH is 1. The van der Waals surface area contributed by atoms with Crippen LogP contribution >= 0.6 is 0 Å². The molecule has 0 bridgehead atoms. The van der Waals surface area contributed by atoms with Crippen molar-refractivity contribution in [2.75, 3.05) is 0 Å². The third-order valence-corrected chi connectivity index (χ3v) is 2.71. The SMILES string of the molecule is CCn1nccc1C(O)c1cc(C)cc(F)c1. The molecule has 90 valence electrons. The van der Waals surface area contributed by atoms with E-state index in [1.807, 2.05) is 6.92 Å². The van der Waals surface area contributed by atoms with Gasteiger partial charge in [0.05, 0.1) is 5.69 Å². The predicted molar refractivity (Wildman–Crippen MR) is 63.1 cm³/mol. The molecule has 0 aliphatic heterocycles. The molecule has 1 N–H and O–H groups in total. The van der Waals surface area contributed by atoms with Crippen LogP contribution in [-0.4, -0.2) is 14.9 Å². The smallest absolute Gasteiger partial charge is 0.123 e. The lowest BCUT2D eigenvalue weighted by atomic mass is 10.0. The van der Waals surface area contributed by atoms with E-state index in [1.165, 1.54) is 12.1 Å². The van der Waals surface area contributed by atoms with Gasteiger partial charge in [-0.1, -0.05) is 6.07 Å². The lowest BCUT2D eigenvalue weighted by Crippen LogP contribution is -2.09. The maximum absolute atomic E-state index is 13.3. The third kappa shape index (κ3) is 2.36. The number of nitrogens with zero attached hydrogens (tertiary/aromatic N) is 2. The van der Waals surface area contributed by atoms with Gasteiger partial charge in [-0.2, -0.15) is 5.10 Å². The fraction of sp³-hybridized carbons (Fsp3) is 0.308. The van der Waals surface area contributed by atoms with E-state index in [9.17, 15) is 9.50 Å². The van der Waals surface area contributed by atoms with Gasteiger partial charge in [0.1, 0.15) is 11.9 Å². The number of aryl methyl sites for hydroxylation is 2. The van der Waals surface area contributed by atoms with Gasteiger partial charge in [0.15, 0.2) is 0 Å². The van der Waals surface area contributed by atoms with Crippen molar-refractivity contribution >= 4 is 0 Å². The van der Waals surface area contributed by atoms with Crippen molar-refractivity contribution < 1.29 is 9.50 Å². The molecule has 1 heterocycles. The molecule has 1 atom stereocenters. The molecule has 1 unspecified atom stereocenters. The van der Waals surface area contributed by atoms with Crippen LogP contribution in [0.2, 0.25) is 0 Å². The maximum Gasteiger partial charge on any atom is 0.123 e. The fourth-order valence-corrected chi connectivity index (χ4v) is 1.93. The first-order chi connectivity index (χ1) is 8.11. The largest absolute Gasteiger partial charge is 0.382 e. The number of halogens is 1. The summed E-state index contributed by atoms with van der Waals surface area (Å²) in [5.41, 5.74) is 2.02. The molecule has 0 saturated carbocycles. The Balaban J connectivity index is 2.39. The minimum absolute atomic E-state index is 0.332. The number of aromatic nitrogens is 2. The number of aliphatic hydroxyl groups is 1. The Bertz CT molecular complexity index is 502. The van der Waals surface area contributed by atoms with Gasteiger partial charge in [-0.05, 0) is 43.2 Å². The second-order valence-electron chi connectivity index (χ2n) is 4.04. The summed E-state index contributed by atoms with van der Waals surface area (Å²) in [6, 6.07) is 6.31. The quantitative estimate of drug-likeness (QED) is 0.885. The van der Waals surface area contributed by atoms with Crippen LogP contribution in [0.25, 0.3) is 0 Å². The van der Waals surface area contributed by atoms with Crippen molar-refractivity contribution in [2.45, 2.75) is 26.5 Å². The van der Waals surface area contributed by atoms with Crippen LogP contribution in [0, 0.1) is 12.7 Å². The average molecular weight is 234 g/mol. The van der Waals surface area contributed by atoms with Gasteiger partial charge >= 0.3 is 0 Å². The van der Waals surface area contributed by atoms with Crippen LogP contribution in [0.4, 0.5) is 4.39 Å². The van der Waals surface area contributed by atoms with Gasteiger partial charge in [-0.3, -0.25) is 4.68 Å². The summed E-state index contributed by atoms with van der Waals surface area (Å²) in [6.45, 7) is 4.42. The van der Waals surface area contributed by atoms with Crippen LogP contribution in [-0.2, 0) is 6.54 Å². The van der Waals surface area contributed by atoms with Crippen LogP contribution in [0.5, 0.6) is 0 Å². The molecular weight excluding hydrogens is 219 g/mol. The second kappa shape index (κ2) is 4.67. The lowest BCUT2D eigenvalue weighted by Gasteiger charge is -2.13. The van der Waals surface area contributed by atoms with E-state index >= 15 is 0 Å². The fourth-order valence-electron chi connectivity index (χ4n) is 1.93. The Morgan fingerprint density at radius 2 is 2.18 bits per heavy atom. The van der Waals surface area contributed by atoms with Gasteiger partial charge < -0.3 is 5.11 Å². The van der Waals surface area contributed by atoms with Crippen molar-refractivity contribution in [2.24, 2.45) is 0 Å². The van der Waals surface area contributed by atoms with E-state index in [2.05, 4.69) is 5.10 Å². The van der Waals surface area contributed by atoms with E-state index in [1.54, 1.807) is 29.9 Å². The summed E-state index contributed by atoms with van der Waals surface area (Å²) in [5, 5.41) is 14.3. The molecule has 0 fully saturated rings. The molecular formula is C13H15FN2O. The van der Waals surface area contributed by atoms with Gasteiger partial charge in [0, 0.05) is 12.7 Å². The highest BCUT2D eigenvalue weighted by atomic mass is 19.1. The number of benzene rings is 1. The Morgan fingerprint density at radius 1 is 1.41 bits per heavy atom. The molecule has 1 aromatic heterocycles. The first-order valence-corrected chi connectivity index (χ1v) is 5.58. The van der Waals surface area contributed by atoms with E-state index in [0.29, 0.717) is 17.8 Å². The predicted octanol–water partition coefficient (Wildman–Crippen LogP) is 2.43.